The maximum absolute atomic E-state index is 9.50. The highest BCUT2D eigenvalue weighted by Crippen LogP contribution is 2.38. The molecule has 0 radical (unpaired) electrons. The van der Waals surface area contributed by atoms with Crippen LogP contribution < -0.4 is 0 Å². The van der Waals surface area contributed by atoms with Crippen LogP contribution in [0.15, 0.2) is 168 Å². The average Bonchev–Trinajstić information content (AvgIpc) is 3.62. The fourth-order valence-electron chi connectivity index (χ4n) is 6.76. The van der Waals surface area contributed by atoms with Crippen molar-refractivity contribution in [1.82, 2.24) is 15.0 Å². The molecule has 0 aliphatic heterocycles. The normalized spacial score (nSPS) is 11.0. The van der Waals surface area contributed by atoms with E-state index in [0.29, 0.717) is 28.6 Å². The minimum absolute atomic E-state index is 0.436. The molecule has 0 unspecified atom stereocenters. The molecule has 0 fully saturated rings. The Labute approximate surface area is 305 Å². The third kappa shape index (κ3) is 5.97. The summed E-state index contributed by atoms with van der Waals surface area (Å²) >= 11 is 0. The summed E-state index contributed by atoms with van der Waals surface area (Å²) in [6.45, 7) is 0. The zero-order valence-corrected chi connectivity index (χ0v) is 28.2. The molecule has 6 nitrogen and oxygen atoms in total. The van der Waals surface area contributed by atoms with Crippen LogP contribution in [-0.2, 0) is 0 Å². The van der Waals surface area contributed by atoms with Gasteiger partial charge in [0.2, 0.25) is 0 Å². The first-order valence-electron chi connectivity index (χ1n) is 17.1. The number of nitrogens with zero attached hydrogens (tertiary/aromatic N) is 5. The molecule has 9 aromatic rings. The molecule has 0 N–H and O–H groups in total. The molecule has 7 aromatic carbocycles. The lowest BCUT2D eigenvalue weighted by Gasteiger charge is -2.10. The van der Waals surface area contributed by atoms with Crippen molar-refractivity contribution < 1.29 is 4.42 Å². The lowest BCUT2D eigenvalue weighted by Crippen LogP contribution is -2.00. The van der Waals surface area contributed by atoms with Gasteiger partial charge in [-0.15, -0.1) is 0 Å². The second-order valence-electron chi connectivity index (χ2n) is 12.7. The van der Waals surface area contributed by atoms with Crippen LogP contribution in [0.25, 0.3) is 89.5 Å². The molecule has 6 heteroatoms. The van der Waals surface area contributed by atoms with Crippen molar-refractivity contribution in [3.63, 3.8) is 0 Å². The van der Waals surface area contributed by atoms with Crippen LogP contribution >= 0.6 is 0 Å². The molecule has 246 valence electrons. The fourth-order valence-corrected chi connectivity index (χ4v) is 6.76. The van der Waals surface area contributed by atoms with Crippen LogP contribution in [0, 0.1) is 22.7 Å². The van der Waals surface area contributed by atoms with E-state index >= 15 is 0 Å². The van der Waals surface area contributed by atoms with Crippen molar-refractivity contribution in [2.75, 3.05) is 0 Å². The topological polar surface area (TPSA) is 99.4 Å². The second-order valence-corrected chi connectivity index (χ2v) is 12.7. The highest BCUT2D eigenvalue weighted by Gasteiger charge is 2.17. The molecular weight excluding hydrogens is 651 g/mol. The van der Waals surface area contributed by atoms with E-state index in [0.717, 1.165) is 72.0 Å². The molecule has 0 bridgehead atoms. The summed E-state index contributed by atoms with van der Waals surface area (Å²) in [6.07, 6.45) is 0. The van der Waals surface area contributed by atoms with Gasteiger partial charge < -0.3 is 4.42 Å². The first-order chi connectivity index (χ1) is 26.1. The Kier molecular flexibility index (Phi) is 7.82. The maximum Gasteiger partial charge on any atom is 0.164 e. The van der Waals surface area contributed by atoms with Gasteiger partial charge in [0.15, 0.2) is 17.5 Å². The predicted octanol–water partition coefficient (Wildman–Crippen LogP) is 11.5. The number of aromatic nitrogens is 3. The van der Waals surface area contributed by atoms with Crippen LogP contribution in [-0.4, -0.2) is 15.0 Å². The monoisotopic (exact) mass is 677 g/mol. The van der Waals surface area contributed by atoms with E-state index in [1.807, 2.05) is 97.1 Å². The van der Waals surface area contributed by atoms with Crippen LogP contribution in [0.1, 0.15) is 11.1 Å². The maximum atomic E-state index is 9.50. The van der Waals surface area contributed by atoms with Crippen molar-refractivity contribution in [3.8, 4) is 79.7 Å². The van der Waals surface area contributed by atoms with Gasteiger partial charge in [-0.05, 0) is 69.8 Å². The smallest absolute Gasteiger partial charge is 0.164 e. The Hall–Kier alpha value is -7.67. The average molecular weight is 678 g/mol. The molecule has 0 saturated carbocycles. The van der Waals surface area contributed by atoms with Gasteiger partial charge in [-0.3, -0.25) is 0 Å². The quantitative estimate of drug-likeness (QED) is 0.174. The van der Waals surface area contributed by atoms with E-state index in [1.54, 1.807) is 18.2 Å². The van der Waals surface area contributed by atoms with E-state index in [-0.39, 0.29) is 0 Å². The molecule has 2 heterocycles. The predicted molar refractivity (Wildman–Crippen MR) is 209 cm³/mol. The molecule has 0 aliphatic rings. The number of fused-ring (bicyclic) bond motifs is 3. The molecule has 2 aromatic heterocycles. The molecule has 9 rings (SSSR count). The van der Waals surface area contributed by atoms with Crippen molar-refractivity contribution in [2.24, 2.45) is 0 Å². The third-order valence-corrected chi connectivity index (χ3v) is 9.39. The van der Waals surface area contributed by atoms with Crippen molar-refractivity contribution in [2.45, 2.75) is 0 Å². The Balaban J connectivity index is 1.16. The number of benzene rings is 7. The van der Waals surface area contributed by atoms with Gasteiger partial charge in [-0.2, -0.15) is 10.5 Å². The van der Waals surface area contributed by atoms with Crippen LogP contribution in [0.2, 0.25) is 0 Å². The number of nitriles is 2. The summed E-state index contributed by atoms with van der Waals surface area (Å²) in [4.78, 5) is 15.0. The Morgan fingerprint density at radius 2 is 0.868 bits per heavy atom. The van der Waals surface area contributed by atoms with Crippen molar-refractivity contribution in [3.05, 3.63) is 175 Å². The largest absolute Gasteiger partial charge is 0.456 e. The van der Waals surface area contributed by atoms with Gasteiger partial charge in [0.05, 0.1) is 23.3 Å². The molecular formula is C47H27N5O. The number of rotatable bonds is 6. The first kappa shape index (κ1) is 31.3. The van der Waals surface area contributed by atoms with Gasteiger partial charge in [-0.25, -0.2) is 15.0 Å². The number of hydrogen-bond donors (Lipinski definition) is 0. The van der Waals surface area contributed by atoms with E-state index in [2.05, 4.69) is 60.7 Å². The van der Waals surface area contributed by atoms with Gasteiger partial charge in [0.1, 0.15) is 11.2 Å². The summed E-state index contributed by atoms with van der Waals surface area (Å²) in [6, 6.07) is 58.4. The minimum atomic E-state index is 0.436. The summed E-state index contributed by atoms with van der Waals surface area (Å²) in [7, 11) is 0. The zero-order chi connectivity index (χ0) is 35.7. The van der Waals surface area contributed by atoms with Gasteiger partial charge in [0, 0.05) is 27.5 Å². The van der Waals surface area contributed by atoms with E-state index < -0.39 is 0 Å². The lowest BCUT2D eigenvalue weighted by atomic mass is 9.99. The van der Waals surface area contributed by atoms with Crippen molar-refractivity contribution >= 4 is 21.9 Å². The zero-order valence-electron chi connectivity index (χ0n) is 28.2. The minimum Gasteiger partial charge on any atom is -0.456 e. The van der Waals surface area contributed by atoms with E-state index in [9.17, 15) is 10.5 Å². The van der Waals surface area contributed by atoms with Crippen LogP contribution in [0.5, 0.6) is 0 Å². The van der Waals surface area contributed by atoms with Gasteiger partial charge in [-0.1, -0.05) is 127 Å². The third-order valence-electron chi connectivity index (χ3n) is 9.39. The molecule has 0 saturated heterocycles. The Bertz CT molecular complexity index is 2850. The second kappa shape index (κ2) is 13.2. The van der Waals surface area contributed by atoms with Crippen LogP contribution in [0.3, 0.4) is 0 Å². The first-order valence-corrected chi connectivity index (χ1v) is 17.1. The van der Waals surface area contributed by atoms with Crippen LogP contribution in [0.4, 0.5) is 0 Å². The summed E-state index contributed by atoms with van der Waals surface area (Å²) in [5, 5.41) is 21.1. The summed E-state index contributed by atoms with van der Waals surface area (Å²) in [5.74, 6) is 1.58. The molecule has 0 spiro atoms. The Morgan fingerprint density at radius 1 is 0.377 bits per heavy atom. The number of furan rings is 1. The molecule has 53 heavy (non-hydrogen) atoms. The SMILES string of the molecule is N#Cc1cc(C#N)cc(-c2ccc(-c3nc(-c4ccc(-c5ccccc5)cc4)nc(-c4ccc5c(c4)oc4cccc(-c6ccccc6)c45)n3)cc2)c1. The molecule has 0 atom stereocenters. The Morgan fingerprint density at radius 3 is 1.45 bits per heavy atom. The lowest BCUT2D eigenvalue weighted by molar-refractivity contribution is 0.669. The van der Waals surface area contributed by atoms with Crippen molar-refractivity contribution in [1.29, 1.82) is 10.5 Å². The highest BCUT2D eigenvalue weighted by molar-refractivity contribution is 6.13. The van der Waals surface area contributed by atoms with E-state index in [1.165, 1.54) is 0 Å². The van der Waals surface area contributed by atoms with Gasteiger partial charge in [0.25, 0.3) is 0 Å². The fraction of sp³-hybridized carbons (Fsp3) is 0. The summed E-state index contributed by atoms with van der Waals surface area (Å²) in [5.41, 5.74) is 11.0. The number of hydrogen-bond acceptors (Lipinski definition) is 6. The molecule has 0 aliphatic carbocycles. The summed E-state index contributed by atoms with van der Waals surface area (Å²) < 4.78 is 6.44. The highest BCUT2D eigenvalue weighted by atomic mass is 16.3. The van der Waals surface area contributed by atoms with Gasteiger partial charge >= 0.3 is 0 Å². The van der Waals surface area contributed by atoms with E-state index in [4.69, 9.17) is 19.4 Å². The standard InChI is InChI=1S/C47H27N5O/c48-28-30-24-31(29-49)26-39(25-30)34-16-20-37(21-17-34)46-50-45(36-18-14-33(15-19-36)32-8-3-1-4-9-32)51-47(52-46)38-22-23-41-43(27-38)53-42-13-7-12-40(44(41)42)35-10-5-2-6-11-35/h1-27H. The molecule has 0 amide bonds.